The molecule has 21 heavy (non-hydrogen) atoms. The SMILES string of the molecule is CC(=O)N[C@H](C)C(=O)O.C[C@@H](N)C(=O)O.C[C@@H](N)C(=O)O. The third kappa shape index (κ3) is 23.3. The molecule has 0 aromatic rings. The molecular formula is C11H23N3O7. The van der Waals surface area contributed by atoms with Crippen molar-refractivity contribution in [2.45, 2.75) is 45.8 Å². The fourth-order valence-electron chi connectivity index (χ4n) is 0.367. The van der Waals surface area contributed by atoms with Crippen LogP contribution in [0.5, 0.6) is 0 Å². The summed E-state index contributed by atoms with van der Waals surface area (Å²) in [5.74, 6) is -3.28. The Kier molecular flexibility index (Phi) is 14.6. The van der Waals surface area contributed by atoms with Gasteiger partial charge in [0.05, 0.1) is 0 Å². The highest BCUT2D eigenvalue weighted by Crippen LogP contribution is 1.78. The second-order valence-corrected chi connectivity index (χ2v) is 4.01. The minimum Gasteiger partial charge on any atom is -0.480 e. The van der Waals surface area contributed by atoms with Crippen LogP contribution >= 0.6 is 0 Å². The van der Waals surface area contributed by atoms with Crippen LogP contribution in [0.15, 0.2) is 0 Å². The zero-order chi connectivity index (χ0) is 17.7. The molecule has 0 aromatic heterocycles. The minimum atomic E-state index is -1.02. The topological polar surface area (TPSA) is 193 Å². The summed E-state index contributed by atoms with van der Waals surface area (Å²) >= 11 is 0. The molecule has 10 nitrogen and oxygen atoms in total. The second kappa shape index (κ2) is 12.8. The highest BCUT2D eigenvalue weighted by Gasteiger charge is 2.09. The molecule has 0 radical (unpaired) electrons. The maximum absolute atomic E-state index is 10.2. The van der Waals surface area contributed by atoms with E-state index in [4.69, 9.17) is 26.8 Å². The molecule has 0 saturated heterocycles. The van der Waals surface area contributed by atoms with Crippen molar-refractivity contribution in [3.8, 4) is 0 Å². The number of carbonyl (C=O) groups excluding carboxylic acids is 1. The van der Waals surface area contributed by atoms with Crippen molar-refractivity contribution in [1.29, 1.82) is 0 Å². The smallest absolute Gasteiger partial charge is 0.325 e. The first-order chi connectivity index (χ1) is 9.32. The highest BCUT2D eigenvalue weighted by molar-refractivity contribution is 5.81. The number of aliphatic carboxylic acids is 3. The third-order valence-electron chi connectivity index (χ3n) is 1.57. The number of nitrogens with two attached hydrogens (primary N) is 2. The third-order valence-corrected chi connectivity index (χ3v) is 1.57. The van der Waals surface area contributed by atoms with Gasteiger partial charge in [-0.05, 0) is 20.8 Å². The summed E-state index contributed by atoms with van der Waals surface area (Å²) in [7, 11) is 0. The van der Waals surface area contributed by atoms with E-state index < -0.39 is 36.0 Å². The molecule has 124 valence electrons. The molecule has 0 aliphatic rings. The van der Waals surface area contributed by atoms with Crippen molar-refractivity contribution in [2.24, 2.45) is 11.5 Å². The highest BCUT2D eigenvalue weighted by atomic mass is 16.4. The van der Waals surface area contributed by atoms with Gasteiger partial charge in [-0.3, -0.25) is 19.2 Å². The van der Waals surface area contributed by atoms with E-state index in [-0.39, 0.29) is 5.91 Å². The zero-order valence-corrected chi connectivity index (χ0v) is 12.4. The van der Waals surface area contributed by atoms with Gasteiger partial charge in [0.2, 0.25) is 5.91 Å². The molecule has 0 heterocycles. The fourth-order valence-corrected chi connectivity index (χ4v) is 0.367. The van der Waals surface area contributed by atoms with Gasteiger partial charge in [0, 0.05) is 6.92 Å². The molecule has 0 aromatic carbocycles. The van der Waals surface area contributed by atoms with Gasteiger partial charge in [0.1, 0.15) is 18.1 Å². The van der Waals surface area contributed by atoms with E-state index in [0.717, 1.165) is 0 Å². The maximum atomic E-state index is 10.2. The Labute approximate surface area is 122 Å². The Morgan fingerprint density at radius 2 is 1.05 bits per heavy atom. The molecule has 0 saturated carbocycles. The van der Waals surface area contributed by atoms with Gasteiger partial charge in [-0.15, -0.1) is 0 Å². The molecule has 3 atom stereocenters. The van der Waals surface area contributed by atoms with E-state index in [9.17, 15) is 19.2 Å². The van der Waals surface area contributed by atoms with Crippen LogP contribution in [0.4, 0.5) is 0 Å². The standard InChI is InChI=1S/C5H9NO3.2C3H7NO2/c1-3(5(8)9)6-4(2)7;2*1-2(4)3(5)6/h3H,1-2H3,(H,6,7)(H,8,9);2*2H,4H2,1H3,(H,5,6)/t3-;2*2-/m111/s1. The summed E-state index contributed by atoms with van der Waals surface area (Å²) in [6.07, 6.45) is 0. The summed E-state index contributed by atoms with van der Waals surface area (Å²) in [6.45, 7) is 5.52. The van der Waals surface area contributed by atoms with E-state index in [0.29, 0.717) is 0 Å². The molecule has 0 bridgehead atoms. The molecule has 0 rings (SSSR count). The predicted octanol–water partition coefficient (Wildman–Crippen LogP) is -1.57. The van der Waals surface area contributed by atoms with E-state index in [1.54, 1.807) is 0 Å². The number of nitrogens with one attached hydrogen (secondary N) is 1. The fraction of sp³-hybridized carbons (Fsp3) is 0.636. The average molecular weight is 309 g/mol. The first-order valence-electron chi connectivity index (χ1n) is 5.79. The van der Waals surface area contributed by atoms with E-state index in [1.807, 2.05) is 0 Å². The Bertz CT molecular complexity index is 338. The van der Waals surface area contributed by atoms with Gasteiger partial charge in [-0.1, -0.05) is 0 Å². The van der Waals surface area contributed by atoms with Crippen LogP contribution < -0.4 is 16.8 Å². The molecule has 0 aliphatic heterocycles. The number of rotatable bonds is 4. The summed E-state index contributed by atoms with van der Waals surface area (Å²) in [6, 6.07) is -2.25. The first-order valence-corrected chi connectivity index (χ1v) is 5.79. The lowest BCUT2D eigenvalue weighted by atomic mass is 10.3. The van der Waals surface area contributed by atoms with Gasteiger partial charge < -0.3 is 32.1 Å². The van der Waals surface area contributed by atoms with Crippen molar-refractivity contribution < 1.29 is 34.5 Å². The lowest BCUT2D eigenvalue weighted by Crippen LogP contribution is -2.36. The molecule has 0 aliphatic carbocycles. The number of hydrogen-bond donors (Lipinski definition) is 6. The first kappa shape index (κ1) is 23.9. The zero-order valence-electron chi connectivity index (χ0n) is 12.4. The normalized spacial score (nSPS) is 13.0. The van der Waals surface area contributed by atoms with Crippen LogP contribution in [-0.4, -0.2) is 57.3 Å². The van der Waals surface area contributed by atoms with Crippen molar-refractivity contribution in [3.05, 3.63) is 0 Å². The minimum absolute atomic E-state index is 0.329. The summed E-state index contributed by atoms with van der Waals surface area (Å²) in [4.78, 5) is 39.4. The maximum Gasteiger partial charge on any atom is 0.325 e. The Hall–Kier alpha value is -2.20. The van der Waals surface area contributed by atoms with Crippen LogP contribution in [0, 0.1) is 0 Å². The number of amides is 1. The summed E-state index contributed by atoms with van der Waals surface area (Å²) < 4.78 is 0. The number of carboxylic acid groups (broad SMARTS) is 3. The van der Waals surface area contributed by atoms with E-state index in [1.165, 1.54) is 27.7 Å². The predicted molar refractivity (Wildman–Crippen MR) is 73.5 cm³/mol. The Morgan fingerprint density at radius 1 is 0.810 bits per heavy atom. The average Bonchev–Trinajstić information content (AvgIpc) is 2.29. The molecular weight excluding hydrogens is 286 g/mol. The quantitative estimate of drug-likeness (QED) is 0.355. The molecule has 10 heteroatoms. The van der Waals surface area contributed by atoms with Crippen molar-refractivity contribution in [1.82, 2.24) is 5.32 Å². The van der Waals surface area contributed by atoms with Gasteiger partial charge in [0.15, 0.2) is 0 Å². The lowest BCUT2D eigenvalue weighted by Gasteiger charge is -2.04. The van der Waals surface area contributed by atoms with Crippen LogP contribution in [-0.2, 0) is 19.2 Å². The van der Waals surface area contributed by atoms with Crippen molar-refractivity contribution in [2.75, 3.05) is 0 Å². The molecule has 0 unspecified atom stereocenters. The Balaban J connectivity index is -0.000000240. The van der Waals surface area contributed by atoms with Gasteiger partial charge in [0.25, 0.3) is 0 Å². The van der Waals surface area contributed by atoms with Gasteiger partial charge >= 0.3 is 17.9 Å². The molecule has 0 spiro atoms. The second-order valence-electron chi connectivity index (χ2n) is 4.01. The summed E-state index contributed by atoms with van der Waals surface area (Å²) in [5, 5.41) is 26.2. The number of hydrogen-bond acceptors (Lipinski definition) is 6. The summed E-state index contributed by atoms with van der Waals surface area (Å²) in [5.41, 5.74) is 9.67. The monoisotopic (exact) mass is 309 g/mol. The van der Waals surface area contributed by atoms with Crippen LogP contribution in [0.2, 0.25) is 0 Å². The van der Waals surface area contributed by atoms with Crippen LogP contribution in [0.1, 0.15) is 27.7 Å². The largest absolute Gasteiger partial charge is 0.480 e. The number of carbonyl (C=O) groups is 4. The van der Waals surface area contributed by atoms with Gasteiger partial charge in [-0.25, -0.2) is 0 Å². The van der Waals surface area contributed by atoms with Crippen molar-refractivity contribution >= 4 is 23.8 Å². The van der Waals surface area contributed by atoms with Gasteiger partial charge in [-0.2, -0.15) is 0 Å². The van der Waals surface area contributed by atoms with E-state index >= 15 is 0 Å². The molecule has 1 amide bonds. The molecule has 0 fully saturated rings. The number of carboxylic acids is 3. The van der Waals surface area contributed by atoms with Crippen LogP contribution in [0.3, 0.4) is 0 Å². The van der Waals surface area contributed by atoms with Crippen molar-refractivity contribution in [3.63, 3.8) is 0 Å². The molecule has 8 N–H and O–H groups in total. The Morgan fingerprint density at radius 3 is 1.10 bits per heavy atom. The van der Waals surface area contributed by atoms with Crippen LogP contribution in [0.25, 0.3) is 0 Å². The lowest BCUT2D eigenvalue weighted by molar-refractivity contribution is -0.141. The van der Waals surface area contributed by atoms with E-state index in [2.05, 4.69) is 5.32 Å².